The van der Waals surface area contributed by atoms with Gasteiger partial charge in [0.2, 0.25) is 5.91 Å². The maximum absolute atomic E-state index is 12.6. The van der Waals surface area contributed by atoms with Gasteiger partial charge in [0.25, 0.3) is 5.91 Å². The zero-order valence-corrected chi connectivity index (χ0v) is 13.6. The molecule has 0 aliphatic carbocycles. The van der Waals surface area contributed by atoms with Gasteiger partial charge in [0.15, 0.2) is 6.10 Å². The fraction of sp³-hybridized carbons (Fsp3) is 0.529. The predicted octanol–water partition coefficient (Wildman–Crippen LogP) is 0.998. The van der Waals surface area contributed by atoms with Crippen LogP contribution in [-0.2, 0) is 9.59 Å². The fourth-order valence-electron chi connectivity index (χ4n) is 3.16. The van der Waals surface area contributed by atoms with E-state index in [1.165, 1.54) is 4.90 Å². The van der Waals surface area contributed by atoms with Crippen LogP contribution in [0.3, 0.4) is 0 Å². The number of rotatable bonds is 3. The molecule has 2 unspecified atom stereocenters. The Bertz CT molecular complexity index is 633. The summed E-state index contributed by atoms with van der Waals surface area (Å²) in [6.45, 7) is 5.76. The number of nitrogens with zero attached hydrogens (tertiary/aromatic N) is 2. The molecule has 1 fully saturated rings. The number of anilines is 1. The van der Waals surface area contributed by atoms with Crippen LogP contribution in [0, 0.1) is 5.41 Å². The number of amides is 2. The molecule has 6 heteroatoms. The molecule has 0 aromatic heterocycles. The maximum atomic E-state index is 12.6. The summed E-state index contributed by atoms with van der Waals surface area (Å²) in [5, 5.41) is 0. The van der Waals surface area contributed by atoms with Gasteiger partial charge < -0.3 is 15.4 Å². The number of carbonyl (C=O) groups excluding carboxylic acids is 2. The van der Waals surface area contributed by atoms with Crippen LogP contribution in [-0.4, -0.2) is 49.0 Å². The highest BCUT2D eigenvalue weighted by Crippen LogP contribution is 2.34. The lowest BCUT2D eigenvalue weighted by atomic mass is 9.90. The van der Waals surface area contributed by atoms with Gasteiger partial charge >= 0.3 is 0 Å². The number of benzene rings is 1. The normalized spacial score (nSPS) is 26.9. The van der Waals surface area contributed by atoms with E-state index in [2.05, 4.69) is 6.92 Å². The third kappa shape index (κ3) is 2.91. The van der Waals surface area contributed by atoms with Crippen LogP contribution in [0.25, 0.3) is 0 Å². The van der Waals surface area contributed by atoms with Crippen LogP contribution < -0.4 is 15.4 Å². The summed E-state index contributed by atoms with van der Waals surface area (Å²) in [5.41, 5.74) is 6.44. The Balaban J connectivity index is 1.77. The molecule has 1 saturated heterocycles. The number of carbonyl (C=O) groups is 2. The Morgan fingerprint density at radius 2 is 2.17 bits per heavy atom. The number of likely N-dealkylation sites (tertiary alicyclic amines) is 1. The summed E-state index contributed by atoms with van der Waals surface area (Å²) in [7, 11) is 0. The van der Waals surface area contributed by atoms with Gasteiger partial charge in [-0.1, -0.05) is 19.1 Å². The highest BCUT2D eigenvalue weighted by Gasteiger charge is 2.38. The first-order valence-corrected chi connectivity index (χ1v) is 7.98. The Kier molecular flexibility index (Phi) is 4.02. The van der Waals surface area contributed by atoms with Crippen molar-refractivity contribution in [3.63, 3.8) is 0 Å². The standard InChI is InChI=1S/C17H23N3O3/c1-12-16(22)20(13-5-3-4-6-14(13)23-12)9-15(21)19-8-7-17(2,10-18)11-19/h3-6,12H,7-11,18H2,1-2H3. The zero-order valence-electron chi connectivity index (χ0n) is 13.6. The van der Waals surface area contributed by atoms with E-state index in [9.17, 15) is 9.59 Å². The summed E-state index contributed by atoms with van der Waals surface area (Å²) < 4.78 is 5.60. The molecule has 0 spiro atoms. The van der Waals surface area contributed by atoms with Gasteiger partial charge in [0.05, 0.1) is 5.69 Å². The molecule has 2 N–H and O–H groups in total. The quantitative estimate of drug-likeness (QED) is 0.902. The first-order chi connectivity index (χ1) is 10.9. The van der Waals surface area contributed by atoms with Crippen LogP contribution in [0.1, 0.15) is 20.3 Å². The number of hydrogen-bond acceptors (Lipinski definition) is 4. The molecule has 1 aromatic carbocycles. The molecule has 0 saturated carbocycles. The van der Waals surface area contributed by atoms with Crippen molar-refractivity contribution in [1.82, 2.24) is 4.90 Å². The molecule has 0 bridgehead atoms. The van der Waals surface area contributed by atoms with E-state index in [4.69, 9.17) is 10.5 Å². The SMILES string of the molecule is CC1Oc2ccccc2N(CC(=O)N2CCC(C)(CN)C2)C1=O. The number of nitrogens with two attached hydrogens (primary N) is 1. The number of para-hydroxylation sites is 2. The number of fused-ring (bicyclic) bond motifs is 1. The Labute approximate surface area is 136 Å². The molecule has 2 heterocycles. The van der Waals surface area contributed by atoms with Gasteiger partial charge in [-0.2, -0.15) is 0 Å². The molecule has 2 atom stereocenters. The Morgan fingerprint density at radius 1 is 1.43 bits per heavy atom. The van der Waals surface area contributed by atoms with E-state index in [0.29, 0.717) is 31.1 Å². The fourth-order valence-corrected chi connectivity index (χ4v) is 3.16. The van der Waals surface area contributed by atoms with Crippen molar-refractivity contribution in [1.29, 1.82) is 0 Å². The first-order valence-electron chi connectivity index (χ1n) is 7.98. The molecule has 2 amide bonds. The van der Waals surface area contributed by atoms with Crippen molar-refractivity contribution in [3.05, 3.63) is 24.3 Å². The van der Waals surface area contributed by atoms with Crippen molar-refractivity contribution < 1.29 is 14.3 Å². The van der Waals surface area contributed by atoms with E-state index in [-0.39, 0.29) is 23.8 Å². The predicted molar refractivity (Wildman–Crippen MR) is 87.2 cm³/mol. The van der Waals surface area contributed by atoms with E-state index in [0.717, 1.165) is 6.42 Å². The Morgan fingerprint density at radius 3 is 2.87 bits per heavy atom. The third-order valence-corrected chi connectivity index (χ3v) is 4.77. The second-order valence-electron chi connectivity index (χ2n) is 6.73. The summed E-state index contributed by atoms with van der Waals surface area (Å²) in [4.78, 5) is 28.4. The molecule has 6 nitrogen and oxygen atoms in total. The van der Waals surface area contributed by atoms with Crippen LogP contribution in [0.15, 0.2) is 24.3 Å². The lowest BCUT2D eigenvalue weighted by Crippen LogP contribution is -2.49. The minimum atomic E-state index is -0.578. The first kappa shape index (κ1) is 15.8. The van der Waals surface area contributed by atoms with Crippen LogP contribution >= 0.6 is 0 Å². The zero-order chi connectivity index (χ0) is 16.6. The van der Waals surface area contributed by atoms with Gasteiger partial charge in [-0.05, 0) is 37.4 Å². The highest BCUT2D eigenvalue weighted by molar-refractivity contribution is 6.03. The molecular formula is C17H23N3O3. The third-order valence-electron chi connectivity index (χ3n) is 4.77. The molecule has 2 aliphatic rings. The van der Waals surface area contributed by atoms with Crippen molar-refractivity contribution in [2.75, 3.05) is 31.1 Å². The van der Waals surface area contributed by atoms with E-state index in [1.807, 2.05) is 23.1 Å². The minimum absolute atomic E-state index is 0.0180. The van der Waals surface area contributed by atoms with Gasteiger partial charge in [-0.3, -0.25) is 14.5 Å². The smallest absolute Gasteiger partial charge is 0.268 e. The Hall–Kier alpha value is -2.08. The average Bonchev–Trinajstić information content (AvgIpc) is 2.95. The van der Waals surface area contributed by atoms with E-state index in [1.54, 1.807) is 13.0 Å². The van der Waals surface area contributed by atoms with Gasteiger partial charge in [0, 0.05) is 13.1 Å². The summed E-state index contributed by atoms with van der Waals surface area (Å²) in [6, 6.07) is 7.32. The van der Waals surface area contributed by atoms with Crippen LogP contribution in [0.2, 0.25) is 0 Å². The van der Waals surface area contributed by atoms with E-state index >= 15 is 0 Å². The molecule has 23 heavy (non-hydrogen) atoms. The lowest BCUT2D eigenvalue weighted by Gasteiger charge is -2.33. The number of hydrogen-bond donors (Lipinski definition) is 1. The monoisotopic (exact) mass is 317 g/mol. The summed E-state index contributed by atoms with van der Waals surface area (Å²) in [5.74, 6) is 0.415. The molecule has 1 aromatic rings. The second kappa shape index (κ2) is 5.85. The molecule has 2 aliphatic heterocycles. The second-order valence-corrected chi connectivity index (χ2v) is 6.73. The average molecular weight is 317 g/mol. The van der Waals surface area contributed by atoms with Crippen LogP contribution in [0.5, 0.6) is 5.75 Å². The highest BCUT2D eigenvalue weighted by atomic mass is 16.5. The van der Waals surface area contributed by atoms with Gasteiger partial charge in [-0.25, -0.2) is 0 Å². The molecule has 3 rings (SSSR count). The van der Waals surface area contributed by atoms with Crippen molar-refractivity contribution in [2.45, 2.75) is 26.4 Å². The number of ether oxygens (including phenoxy) is 1. The van der Waals surface area contributed by atoms with Crippen molar-refractivity contribution in [2.24, 2.45) is 11.1 Å². The van der Waals surface area contributed by atoms with Crippen LogP contribution in [0.4, 0.5) is 5.69 Å². The van der Waals surface area contributed by atoms with Gasteiger partial charge in [0.1, 0.15) is 12.3 Å². The van der Waals surface area contributed by atoms with Gasteiger partial charge in [-0.15, -0.1) is 0 Å². The minimum Gasteiger partial charge on any atom is -0.479 e. The summed E-state index contributed by atoms with van der Waals surface area (Å²) in [6.07, 6.45) is 0.324. The largest absolute Gasteiger partial charge is 0.479 e. The molecule has 124 valence electrons. The maximum Gasteiger partial charge on any atom is 0.268 e. The topological polar surface area (TPSA) is 75.9 Å². The summed E-state index contributed by atoms with van der Waals surface area (Å²) >= 11 is 0. The lowest BCUT2D eigenvalue weighted by molar-refractivity contribution is -0.132. The van der Waals surface area contributed by atoms with E-state index < -0.39 is 6.10 Å². The molecular weight excluding hydrogens is 294 g/mol. The van der Waals surface area contributed by atoms with Crippen molar-refractivity contribution >= 4 is 17.5 Å². The molecule has 0 radical (unpaired) electrons. The van der Waals surface area contributed by atoms with Crippen molar-refractivity contribution in [3.8, 4) is 5.75 Å².